The third-order valence-electron chi connectivity index (χ3n) is 3.27. The molecule has 0 unspecified atom stereocenters. The summed E-state index contributed by atoms with van der Waals surface area (Å²) in [5, 5.41) is 3.28. The van der Waals surface area contributed by atoms with Gasteiger partial charge in [0.1, 0.15) is 12.1 Å². The first kappa shape index (κ1) is 13.9. The zero-order valence-corrected chi connectivity index (χ0v) is 12.1. The predicted molar refractivity (Wildman–Crippen MR) is 83.9 cm³/mol. The Balaban J connectivity index is 1.72. The fourth-order valence-electron chi connectivity index (χ4n) is 2.10. The zero-order chi connectivity index (χ0) is 15.4. The van der Waals surface area contributed by atoms with Gasteiger partial charge < -0.3 is 20.4 Å². The summed E-state index contributed by atoms with van der Waals surface area (Å²) >= 11 is 0. The van der Waals surface area contributed by atoms with E-state index in [2.05, 4.69) is 20.3 Å². The Morgan fingerprint density at radius 2 is 2.05 bits per heavy atom. The van der Waals surface area contributed by atoms with Crippen LogP contribution in [0.15, 0.2) is 49.3 Å². The van der Waals surface area contributed by atoms with E-state index in [9.17, 15) is 0 Å². The average Bonchev–Trinajstić information content (AvgIpc) is 3.08. The Morgan fingerprint density at radius 1 is 1.23 bits per heavy atom. The normalized spacial score (nSPS) is 10.4. The molecule has 2 aromatic heterocycles. The van der Waals surface area contributed by atoms with Crippen LogP contribution in [-0.2, 0) is 6.54 Å². The average molecular weight is 296 g/mol. The summed E-state index contributed by atoms with van der Waals surface area (Å²) in [5.74, 6) is 0.893. The van der Waals surface area contributed by atoms with Crippen molar-refractivity contribution in [3.8, 4) is 11.6 Å². The van der Waals surface area contributed by atoms with Crippen LogP contribution in [-0.4, -0.2) is 26.6 Å². The van der Waals surface area contributed by atoms with Gasteiger partial charge in [-0.15, -0.1) is 0 Å². The highest BCUT2D eigenvalue weighted by Gasteiger charge is 2.09. The topological polar surface area (TPSA) is 90.9 Å². The van der Waals surface area contributed by atoms with Crippen LogP contribution < -0.4 is 15.8 Å². The van der Waals surface area contributed by atoms with Crippen molar-refractivity contribution in [2.45, 2.75) is 6.54 Å². The minimum Gasteiger partial charge on any atom is -0.481 e. The van der Waals surface area contributed by atoms with Crippen molar-refractivity contribution in [1.29, 1.82) is 0 Å². The third kappa shape index (κ3) is 2.83. The van der Waals surface area contributed by atoms with Crippen molar-refractivity contribution in [3.05, 3.63) is 54.9 Å². The van der Waals surface area contributed by atoms with Gasteiger partial charge in [-0.3, -0.25) is 0 Å². The van der Waals surface area contributed by atoms with E-state index in [-0.39, 0.29) is 0 Å². The van der Waals surface area contributed by atoms with Crippen molar-refractivity contribution in [3.63, 3.8) is 0 Å². The molecule has 112 valence electrons. The first-order valence-corrected chi connectivity index (χ1v) is 6.73. The molecule has 3 rings (SSSR count). The van der Waals surface area contributed by atoms with Crippen molar-refractivity contribution < 1.29 is 4.74 Å². The number of imidazole rings is 1. The smallest absolute Gasteiger partial charge is 0.223 e. The number of methoxy groups -OCH3 is 1. The molecule has 0 atom stereocenters. The van der Waals surface area contributed by atoms with Gasteiger partial charge in [0.05, 0.1) is 19.0 Å². The molecule has 0 aliphatic carbocycles. The molecule has 3 aromatic rings. The van der Waals surface area contributed by atoms with Crippen molar-refractivity contribution in [2.75, 3.05) is 18.2 Å². The van der Waals surface area contributed by atoms with Gasteiger partial charge in [-0.2, -0.15) is 0 Å². The molecular weight excluding hydrogens is 280 g/mol. The lowest BCUT2D eigenvalue weighted by molar-refractivity contribution is 0.392. The van der Waals surface area contributed by atoms with Gasteiger partial charge in [0, 0.05) is 30.3 Å². The Kier molecular flexibility index (Phi) is 3.86. The summed E-state index contributed by atoms with van der Waals surface area (Å²) in [5.41, 5.74) is 8.62. The van der Waals surface area contributed by atoms with E-state index < -0.39 is 0 Å². The quantitative estimate of drug-likeness (QED) is 0.747. The molecule has 0 aliphatic heterocycles. The first-order valence-electron chi connectivity index (χ1n) is 6.73. The molecule has 0 aliphatic rings. The molecule has 7 nitrogen and oxygen atoms in total. The van der Waals surface area contributed by atoms with Crippen molar-refractivity contribution in [2.24, 2.45) is 0 Å². The maximum atomic E-state index is 5.87. The zero-order valence-electron chi connectivity index (χ0n) is 12.1. The second kappa shape index (κ2) is 6.13. The van der Waals surface area contributed by atoms with Gasteiger partial charge in [-0.25, -0.2) is 15.0 Å². The lowest BCUT2D eigenvalue weighted by Gasteiger charge is -2.11. The lowest BCUT2D eigenvalue weighted by Crippen LogP contribution is -2.08. The molecule has 1 aromatic carbocycles. The number of anilines is 2. The number of hydrogen-bond donors (Lipinski definition) is 2. The summed E-state index contributed by atoms with van der Waals surface area (Å²) in [7, 11) is 1.56. The van der Waals surface area contributed by atoms with Gasteiger partial charge in [0.15, 0.2) is 0 Å². The summed E-state index contributed by atoms with van der Waals surface area (Å²) in [6, 6.07) is 7.99. The Hall–Kier alpha value is -3.09. The number of hydrogen-bond acceptors (Lipinski definition) is 6. The van der Waals surface area contributed by atoms with E-state index >= 15 is 0 Å². The number of nitrogen functional groups attached to an aromatic ring is 1. The van der Waals surface area contributed by atoms with Crippen LogP contribution in [0.5, 0.6) is 5.88 Å². The largest absolute Gasteiger partial charge is 0.481 e. The van der Waals surface area contributed by atoms with Crippen LogP contribution in [0.1, 0.15) is 5.56 Å². The summed E-state index contributed by atoms with van der Waals surface area (Å²) in [6.45, 7) is 0.486. The summed E-state index contributed by atoms with van der Waals surface area (Å²) < 4.78 is 7.14. The van der Waals surface area contributed by atoms with E-state index in [0.29, 0.717) is 18.2 Å². The highest BCUT2D eigenvalue weighted by atomic mass is 16.5. The third-order valence-corrected chi connectivity index (χ3v) is 3.27. The number of nitrogens with one attached hydrogen (secondary N) is 1. The number of aromatic nitrogens is 4. The van der Waals surface area contributed by atoms with Crippen LogP contribution in [0.4, 0.5) is 11.5 Å². The minimum atomic E-state index is 0.411. The molecule has 3 N–H and O–H groups in total. The van der Waals surface area contributed by atoms with Crippen LogP contribution in [0.3, 0.4) is 0 Å². The molecule has 7 heteroatoms. The SMILES string of the molecule is COc1ncnc(N)c1CNc1ccc(-n2ccnc2)cc1. The van der Waals surface area contributed by atoms with E-state index in [4.69, 9.17) is 10.5 Å². The van der Waals surface area contributed by atoms with Gasteiger partial charge in [-0.1, -0.05) is 0 Å². The van der Waals surface area contributed by atoms with Crippen LogP contribution in [0.25, 0.3) is 5.69 Å². The first-order chi connectivity index (χ1) is 10.8. The highest BCUT2D eigenvalue weighted by molar-refractivity contribution is 5.52. The second-order valence-corrected chi connectivity index (χ2v) is 4.62. The number of nitrogens with zero attached hydrogens (tertiary/aromatic N) is 4. The molecular formula is C15H16N6O. The second-order valence-electron chi connectivity index (χ2n) is 4.62. The molecule has 22 heavy (non-hydrogen) atoms. The Bertz CT molecular complexity index is 739. The molecule has 0 fully saturated rings. The van der Waals surface area contributed by atoms with Gasteiger partial charge >= 0.3 is 0 Å². The minimum absolute atomic E-state index is 0.411. The van der Waals surface area contributed by atoms with Crippen molar-refractivity contribution >= 4 is 11.5 Å². The lowest BCUT2D eigenvalue weighted by atomic mass is 10.2. The number of rotatable bonds is 5. The number of benzene rings is 1. The summed E-state index contributed by atoms with van der Waals surface area (Å²) in [6.07, 6.45) is 6.79. The fourth-order valence-corrected chi connectivity index (χ4v) is 2.10. The van der Waals surface area contributed by atoms with Gasteiger partial charge in [0.2, 0.25) is 5.88 Å². The maximum absolute atomic E-state index is 5.87. The monoisotopic (exact) mass is 296 g/mol. The van der Waals surface area contributed by atoms with Crippen LogP contribution >= 0.6 is 0 Å². The summed E-state index contributed by atoms with van der Waals surface area (Å²) in [4.78, 5) is 12.1. The van der Waals surface area contributed by atoms with Gasteiger partial charge in [0.25, 0.3) is 0 Å². The Morgan fingerprint density at radius 3 is 2.73 bits per heavy atom. The molecule has 0 spiro atoms. The molecule has 0 amide bonds. The van der Waals surface area contributed by atoms with Gasteiger partial charge in [-0.05, 0) is 24.3 Å². The molecule has 0 saturated heterocycles. The van der Waals surface area contributed by atoms with Crippen LogP contribution in [0.2, 0.25) is 0 Å². The van der Waals surface area contributed by atoms with Crippen molar-refractivity contribution in [1.82, 2.24) is 19.5 Å². The predicted octanol–water partition coefficient (Wildman–Crippen LogP) is 1.87. The maximum Gasteiger partial charge on any atom is 0.223 e. The Labute approximate surface area is 127 Å². The van der Waals surface area contributed by atoms with Crippen LogP contribution in [0, 0.1) is 0 Å². The molecule has 0 bridgehead atoms. The van der Waals surface area contributed by atoms with E-state index in [1.807, 2.05) is 35.0 Å². The standard InChI is InChI=1S/C15H16N6O/c1-22-15-13(14(16)19-9-20-15)8-18-11-2-4-12(5-3-11)21-7-6-17-10-21/h2-7,9-10,18H,8H2,1H3,(H2,16,19,20). The fraction of sp³-hybridized carbons (Fsp3) is 0.133. The van der Waals surface area contributed by atoms with E-state index in [1.165, 1.54) is 6.33 Å². The number of nitrogens with two attached hydrogens (primary N) is 1. The van der Waals surface area contributed by atoms with E-state index in [0.717, 1.165) is 16.9 Å². The molecule has 0 radical (unpaired) electrons. The van der Waals surface area contributed by atoms with E-state index in [1.54, 1.807) is 19.6 Å². The molecule has 0 saturated carbocycles. The highest BCUT2D eigenvalue weighted by Crippen LogP contribution is 2.21. The number of ether oxygens (including phenoxy) is 1. The molecule has 2 heterocycles.